The molecule has 23 heavy (non-hydrogen) atoms. The summed E-state index contributed by atoms with van der Waals surface area (Å²) in [5.41, 5.74) is 4.07. The van der Waals surface area contributed by atoms with Crippen LogP contribution in [0.5, 0.6) is 0 Å². The molecule has 1 aromatic carbocycles. The van der Waals surface area contributed by atoms with Gasteiger partial charge < -0.3 is 4.57 Å². The molecular weight excluding hydrogens is 348 g/mol. The van der Waals surface area contributed by atoms with Crippen LogP contribution in [-0.4, -0.2) is 26.4 Å². The number of nitrogens with zero attached hydrogens (tertiary/aromatic N) is 4. The first-order chi connectivity index (χ1) is 11.2. The van der Waals surface area contributed by atoms with Crippen LogP contribution >= 0.6 is 34.4 Å². The largest absolute Gasteiger partial charge is 0.319 e. The first kappa shape index (κ1) is 16.1. The van der Waals surface area contributed by atoms with Crippen molar-refractivity contribution in [3.05, 3.63) is 57.3 Å². The number of carbonyl (C=O) groups is 1. The molecule has 0 saturated heterocycles. The molecule has 0 spiro atoms. The van der Waals surface area contributed by atoms with Crippen LogP contribution < -0.4 is 4.80 Å². The molecular formula is C15H14N4OS3. The van der Waals surface area contributed by atoms with Gasteiger partial charge in [0.1, 0.15) is 5.51 Å². The SMILES string of the molecule is Cc1ccc(Cn2ccsc2=NC(=O)CSc2nncs2)cc1. The van der Waals surface area contributed by atoms with E-state index in [2.05, 4.69) is 46.4 Å². The third-order valence-electron chi connectivity index (χ3n) is 3.01. The molecule has 118 valence electrons. The van der Waals surface area contributed by atoms with E-state index in [1.54, 1.807) is 5.51 Å². The Kier molecular flexibility index (Phi) is 5.37. The summed E-state index contributed by atoms with van der Waals surface area (Å²) < 4.78 is 2.77. The number of hydrogen-bond donors (Lipinski definition) is 0. The van der Waals surface area contributed by atoms with E-state index in [-0.39, 0.29) is 11.7 Å². The third kappa shape index (κ3) is 4.60. The maximum Gasteiger partial charge on any atom is 0.258 e. The molecule has 0 fully saturated rings. The Labute approximate surface area is 145 Å². The molecule has 0 unspecified atom stereocenters. The van der Waals surface area contributed by atoms with Crippen molar-refractivity contribution in [3.8, 4) is 0 Å². The molecule has 0 atom stereocenters. The standard InChI is InChI=1S/C15H14N4OS3/c1-11-2-4-12(5-3-11)8-19-6-7-21-14(19)17-13(20)9-22-15-18-16-10-23-15/h2-7,10H,8-9H2,1H3. The zero-order valence-electron chi connectivity index (χ0n) is 12.4. The van der Waals surface area contributed by atoms with Crippen molar-refractivity contribution in [1.82, 2.24) is 14.8 Å². The van der Waals surface area contributed by atoms with Crippen molar-refractivity contribution in [2.24, 2.45) is 4.99 Å². The van der Waals surface area contributed by atoms with Crippen LogP contribution in [-0.2, 0) is 11.3 Å². The lowest BCUT2D eigenvalue weighted by Gasteiger charge is -2.03. The number of thiazole rings is 1. The summed E-state index contributed by atoms with van der Waals surface area (Å²) in [6, 6.07) is 8.36. The first-order valence-electron chi connectivity index (χ1n) is 6.87. The van der Waals surface area contributed by atoms with Crippen LogP contribution in [0.4, 0.5) is 0 Å². The Hall–Kier alpha value is -1.77. The molecule has 0 saturated carbocycles. The molecule has 3 aromatic rings. The van der Waals surface area contributed by atoms with Gasteiger partial charge in [0.25, 0.3) is 5.91 Å². The van der Waals surface area contributed by atoms with Crippen LogP contribution in [0, 0.1) is 6.92 Å². The van der Waals surface area contributed by atoms with Crippen molar-refractivity contribution in [2.45, 2.75) is 17.8 Å². The van der Waals surface area contributed by atoms with Gasteiger partial charge in [0.05, 0.1) is 5.75 Å². The zero-order valence-corrected chi connectivity index (χ0v) is 14.8. The van der Waals surface area contributed by atoms with E-state index in [1.807, 2.05) is 16.1 Å². The maximum absolute atomic E-state index is 12.0. The number of aromatic nitrogens is 3. The molecule has 2 aromatic heterocycles. The van der Waals surface area contributed by atoms with Crippen molar-refractivity contribution < 1.29 is 4.79 Å². The van der Waals surface area contributed by atoms with Crippen LogP contribution in [0.2, 0.25) is 0 Å². The summed E-state index contributed by atoms with van der Waals surface area (Å²) in [6.45, 7) is 2.77. The van der Waals surface area contributed by atoms with Crippen LogP contribution in [0.1, 0.15) is 11.1 Å². The van der Waals surface area contributed by atoms with Crippen LogP contribution in [0.3, 0.4) is 0 Å². The summed E-state index contributed by atoms with van der Waals surface area (Å²) in [7, 11) is 0. The summed E-state index contributed by atoms with van der Waals surface area (Å²) in [4.78, 5) is 16.9. The van der Waals surface area contributed by atoms with E-state index in [0.29, 0.717) is 11.3 Å². The first-order valence-corrected chi connectivity index (χ1v) is 9.61. The second kappa shape index (κ2) is 7.67. The molecule has 0 aliphatic carbocycles. The van der Waals surface area contributed by atoms with E-state index in [0.717, 1.165) is 4.34 Å². The Balaban J connectivity index is 1.69. The molecule has 0 aliphatic heterocycles. The molecule has 2 heterocycles. The van der Waals surface area contributed by atoms with E-state index >= 15 is 0 Å². The van der Waals surface area contributed by atoms with Gasteiger partial charge in [-0.05, 0) is 12.5 Å². The van der Waals surface area contributed by atoms with Gasteiger partial charge >= 0.3 is 0 Å². The fourth-order valence-corrected chi connectivity index (χ4v) is 3.90. The number of benzene rings is 1. The molecule has 5 nitrogen and oxygen atoms in total. The second-order valence-electron chi connectivity index (χ2n) is 4.80. The average Bonchev–Trinajstić information content (AvgIpc) is 3.20. The van der Waals surface area contributed by atoms with Gasteiger partial charge in [0, 0.05) is 18.1 Å². The van der Waals surface area contributed by atoms with Gasteiger partial charge in [-0.1, -0.05) is 52.9 Å². The molecule has 8 heteroatoms. The van der Waals surface area contributed by atoms with Gasteiger partial charge in [-0.25, -0.2) is 0 Å². The normalized spacial score (nSPS) is 11.8. The fraction of sp³-hybridized carbons (Fsp3) is 0.200. The molecule has 0 bridgehead atoms. The highest BCUT2D eigenvalue weighted by atomic mass is 32.2. The minimum atomic E-state index is -0.162. The molecule has 1 amide bonds. The Bertz CT molecular complexity index is 834. The summed E-state index contributed by atoms with van der Waals surface area (Å²) in [5.74, 6) is 0.114. The van der Waals surface area contributed by atoms with Crippen molar-refractivity contribution >= 4 is 40.3 Å². The molecule has 0 N–H and O–H groups in total. The lowest BCUT2D eigenvalue weighted by molar-refractivity contribution is -0.115. The highest BCUT2D eigenvalue weighted by molar-refractivity contribution is 8.01. The van der Waals surface area contributed by atoms with Crippen LogP contribution in [0.25, 0.3) is 0 Å². The van der Waals surface area contributed by atoms with Crippen molar-refractivity contribution in [2.75, 3.05) is 5.75 Å². The highest BCUT2D eigenvalue weighted by Crippen LogP contribution is 2.18. The third-order valence-corrected chi connectivity index (χ3v) is 5.65. The number of rotatable bonds is 5. The maximum atomic E-state index is 12.0. The lowest BCUT2D eigenvalue weighted by Crippen LogP contribution is -2.17. The zero-order chi connectivity index (χ0) is 16.1. The predicted octanol–water partition coefficient (Wildman–Crippen LogP) is 2.98. The number of hydrogen-bond acceptors (Lipinski definition) is 6. The Morgan fingerprint density at radius 3 is 2.87 bits per heavy atom. The van der Waals surface area contributed by atoms with E-state index in [9.17, 15) is 4.79 Å². The predicted molar refractivity (Wildman–Crippen MR) is 93.8 cm³/mol. The van der Waals surface area contributed by atoms with Gasteiger partial charge in [0.2, 0.25) is 0 Å². The minimum Gasteiger partial charge on any atom is -0.319 e. The van der Waals surface area contributed by atoms with E-state index in [1.165, 1.54) is 45.6 Å². The molecule has 3 rings (SSSR count). The smallest absolute Gasteiger partial charge is 0.258 e. The number of carbonyl (C=O) groups excluding carboxylic acids is 1. The van der Waals surface area contributed by atoms with Crippen LogP contribution in [0.15, 0.2) is 50.7 Å². The van der Waals surface area contributed by atoms with E-state index < -0.39 is 0 Å². The highest BCUT2D eigenvalue weighted by Gasteiger charge is 2.05. The summed E-state index contributed by atoms with van der Waals surface area (Å²) in [5, 5.41) is 9.59. The second-order valence-corrected chi connectivity index (χ2v) is 7.73. The Morgan fingerprint density at radius 1 is 1.30 bits per heavy atom. The van der Waals surface area contributed by atoms with Crippen molar-refractivity contribution in [3.63, 3.8) is 0 Å². The minimum absolute atomic E-state index is 0.162. The van der Waals surface area contributed by atoms with E-state index in [4.69, 9.17) is 0 Å². The topological polar surface area (TPSA) is 60.1 Å². The number of aryl methyl sites for hydroxylation is 1. The Morgan fingerprint density at radius 2 is 2.13 bits per heavy atom. The summed E-state index contributed by atoms with van der Waals surface area (Å²) in [6.07, 6.45) is 1.95. The van der Waals surface area contributed by atoms with Gasteiger partial charge in [-0.15, -0.1) is 21.5 Å². The van der Waals surface area contributed by atoms with Gasteiger partial charge in [-0.2, -0.15) is 4.99 Å². The number of amides is 1. The van der Waals surface area contributed by atoms with Crippen molar-refractivity contribution in [1.29, 1.82) is 0 Å². The summed E-state index contributed by atoms with van der Waals surface area (Å²) >= 11 is 4.25. The number of thioether (sulfide) groups is 1. The fourth-order valence-electron chi connectivity index (χ4n) is 1.89. The van der Waals surface area contributed by atoms with Gasteiger partial charge in [-0.3, -0.25) is 4.79 Å². The monoisotopic (exact) mass is 362 g/mol. The van der Waals surface area contributed by atoms with Gasteiger partial charge in [0.15, 0.2) is 9.14 Å². The molecule has 0 aliphatic rings. The molecule has 0 radical (unpaired) electrons. The quantitative estimate of drug-likeness (QED) is 0.655. The average molecular weight is 363 g/mol. The lowest BCUT2D eigenvalue weighted by atomic mass is 10.1.